The molecule has 0 aromatic heterocycles. The highest BCUT2D eigenvalue weighted by atomic mass is 15.1. The van der Waals surface area contributed by atoms with Gasteiger partial charge >= 0.3 is 0 Å². The van der Waals surface area contributed by atoms with Crippen LogP contribution in [0.2, 0.25) is 0 Å². The van der Waals surface area contributed by atoms with Crippen LogP contribution in [0.5, 0.6) is 0 Å². The maximum absolute atomic E-state index is 3.91. The number of nitrogens with zero attached hydrogens (tertiary/aromatic N) is 1. The van der Waals surface area contributed by atoms with Gasteiger partial charge in [0.15, 0.2) is 0 Å². The van der Waals surface area contributed by atoms with E-state index in [9.17, 15) is 0 Å². The second-order valence-corrected chi connectivity index (χ2v) is 6.60. The summed E-state index contributed by atoms with van der Waals surface area (Å²) in [6.07, 6.45) is 8.35. The molecule has 0 amide bonds. The van der Waals surface area contributed by atoms with Crippen LogP contribution in [0.4, 0.5) is 5.69 Å². The van der Waals surface area contributed by atoms with Crippen LogP contribution in [0.3, 0.4) is 0 Å². The minimum absolute atomic E-state index is 0.714. The molecule has 20 heavy (non-hydrogen) atoms. The summed E-state index contributed by atoms with van der Waals surface area (Å²) in [5.41, 5.74) is 1.38. The lowest BCUT2D eigenvalue weighted by Crippen LogP contribution is -2.47. The Balaban J connectivity index is 1.46. The SMILES string of the molecule is C[C@H](NC1CCN(c2ccccc2)CC1)C1CCCC1. The largest absolute Gasteiger partial charge is 0.371 e. The van der Waals surface area contributed by atoms with Gasteiger partial charge in [-0.2, -0.15) is 0 Å². The van der Waals surface area contributed by atoms with Crippen LogP contribution in [-0.2, 0) is 0 Å². The number of benzene rings is 1. The monoisotopic (exact) mass is 272 g/mol. The molecule has 1 aromatic carbocycles. The molecular formula is C18H28N2. The molecule has 0 bridgehead atoms. The van der Waals surface area contributed by atoms with E-state index in [0.29, 0.717) is 6.04 Å². The van der Waals surface area contributed by atoms with Crippen molar-refractivity contribution < 1.29 is 0 Å². The summed E-state index contributed by atoms with van der Waals surface area (Å²) in [6.45, 7) is 4.79. The first-order valence-electron chi connectivity index (χ1n) is 8.39. The van der Waals surface area contributed by atoms with Crippen molar-refractivity contribution in [3.63, 3.8) is 0 Å². The van der Waals surface area contributed by atoms with Crippen LogP contribution in [0.25, 0.3) is 0 Å². The predicted molar refractivity (Wildman–Crippen MR) is 86.2 cm³/mol. The molecule has 110 valence electrons. The number of hydrogen-bond donors (Lipinski definition) is 1. The molecule has 1 atom stereocenters. The average Bonchev–Trinajstić information content (AvgIpc) is 3.03. The van der Waals surface area contributed by atoms with Gasteiger partial charge in [-0.3, -0.25) is 0 Å². The Labute approximate surface area is 123 Å². The second kappa shape index (κ2) is 6.62. The van der Waals surface area contributed by atoms with Gasteiger partial charge in [-0.05, 0) is 50.7 Å². The zero-order valence-corrected chi connectivity index (χ0v) is 12.7. The summed E-state index contributed by atoms with van der Waals surface area (Å²) in [6, 6.07) is 12.3. The first-order chi connectivity index (χ1) is 9.83. The first kappa shape index (κ1) is 13.9. The van der Waals surface area contributed by atoms with Crippen molar-refractivity contribution >= 4 is 5.69 Å². The fourth-order valence-electron chi connectivity index (χ4n) is 3.91. The molecule has 0 spiro atoms. The molecule has 1 heterocycles. The van der Waals surface area contributed by atoms with E-state index in [1.54, 1.807) is 0 Å². The van der Waals surface area contributed by atoms with E-state index < -0.39 is 0 Å². The third-order valence-corrected chi connectivity index (χ3v) is 5.22. The Morgan fingerprint density at radius 3 is 2.30 bits per heavy atom. The van der Waals surface area contributed by atoms with Gasteiger partial charge in [-0.15, -0.1) is 0 Å². The Hall–Kier alpha value is -1.02. The second-order valence-electron chi connectivity index (χ2n) is 6.60. The van der Waals surface area contributed by atoms with E-state index in [1.807, 2.05) is 0 Å². The Kier molecular flexibility index (Phi) is 4.62. The smallest absolute Gasteiger partial charge is 0.0366 e. The molecule has 1 saturated heterocycles. The van der Waals surface area contributed by atoms with Crippen molar-refractivity contribution in [3.05, 3.63) is 30.3 Å². The van der Waals surface area contributed by atoms with Crippen molar-refractivity contribution in [2.75, 3.05) is 18.0 Å². The van der Waals surface area contributed by atoms with Gasteiger partial charge in [-0.1, -0.05) is 31.0 Å². The lowest BCUT2D eigenvalue weighted by Gasteiger charge is -2.36. The predicted octanol–water partition coefficient (Wildman–Crippen LogP) is 3.82. The van der Waals surface area contributed by atoms with Gasteiger partial charge in [0.25, 0.3) is 0 Å². The maximum Gasteiger partial charge on any atom is 0.0366 e. The van der Waals surface area contributed by atoms with Gasteiger partial charge in [-0.25, -0.2) is 0 Å². The summed E-state index contributed by atoms with van der Waals surface area (Å²) >= 11 is 0. The van der Waals surface area contributed by atoms with Crippen LogP contribution in [-0.4, -0.2) is 25.2 Å². The number of para-hydroxylation sites is 1. The molecule has 1 saturated carbocycles. The summed E-state index contributed by atoms with van der Waals surface area (Å²) < 4.78 is 0. The number of piperidine rings is 1. The Bertz CT molecular complexity index is 389. The molecule has 0 unspecified atom stereocenters. The molecule has 1 aromatic rings. The number of nitrogens with one attached hydrogen (secondary N) is 1. The molecule has 3 rings (SSSR count). The molecule has 2 nitrogen and oxygen atoms in total. The molecule has 1 aliphatic carbocycles. The Morgan fingerprint density at radius 1 is 1.00 bits per heavy atom. The molecular weight excluding hydrogens is 244 g/mol. The molecule has 1 N–H and O–H groups in total. The van der Waals surface area contributed by atoms with Gasteiger partial charge in [0.05, 0.1) is 0 Å². The van der Waals surface area contributed by atoms with Crippen LogP contribution >= 0.6 is 0 Å². The Morgan fingerprint density at radius 2 is 1.65 bits per heavy atom. The molecule has 2 fully saturated rings. The number of hydrogen-bond acceptors (Lipinski definition) is 2. The maximum atomic E-state index is 3.91. The van der Waals surface area contributed by atoms with E-state index in [2.05, 4.69) is 47.5 Å². The van der Waals surface area contributed by atoms with Crippen molar-refractivity contribution in [2.45, 2.75) is 57.5 Å². The molecule has 2 aliphatic rings. The van der Waals surface area contributed by atoms with Crippen molar-refractivity contribution in [3.8, 4) is 0 Å². The minimum atomic E-state index is 0.714. The standard InChI is InChI=1S/C18H28N2/c1-15(16-7-5-6-8-16)19-17-11-13-20(14-12-17)18-9-3-2-4-10-18/h2-4,9-10,15-17,19H,5-8,11-14H2,1H3/t15-/m0/s1. The van der Waals surface area contributed by atoms with Crippen LogP contribution < -0.4 is 10.2 Å². The van der Waals surface area contributed by atoms with Crippen LogP contribution in [0, 0.1) is 5.92 Å². The third kappa shape index (κ3) is 3.35. The molecule has 0 radical (unpaired) electrons. The fourth-order valence-corrected chi connectivity index (χ4v) is 3.91. The summed E-state index contributed by atoms with van der Waals surface area (Å²) in [7, 11) is 0. The fraction of sp³-hybridized carbons (Fsp3) is 0.667. The van der Waals surface area contributed by atoms with Crippen molar-refractivity contribution in [2.24, 2.45) is 5.92 Å². The van der Waals surface area contributed by atoms with Crippen LogP contribution in [0.15, 0.2) is 30.3 Å². The van der Waals surface area contributed by atoms with Crippen molar-refractivity contribution in [1.82, 2.24) is 5.32 Å². The lowest BCUT2D eigenvalue weighted by molar-refractivity contribution is 0.310. The van der Waals surface area contributed by atoms with Gasteiger partial charge in [0.2, 0.25) is 0 Å². The topological polar surface area (TPSA) is 15.3 Å². The van der Waals surface area contributed by atoms with E-state index in [4.69, 9.17) is 0 Å². The van der Waals surface area contributed by atoms with Crippen LogP contribution in [0.1, 0.15) is 45.4 Å². The van der Waals surface area contributed by atoms with Gasteiger partial charge in [0.1, 0.15) is 0 Å². The van der Waals surface area contributed by atoms with E-state index in [0.717, 1.165) is 12.0 Å². The zero-order chi connectivity index (χ0) is 13.8. The average molecular weight is 272 g/mol. The highest BCUT2D eigenvalue weighted by Crippen LogP contribution is 2.28. The highest BCUT2D eigenvalue weighted by Gasteiger charge is 2.25. The molecule has 2 heteroatoms. The lowest BCUT2D eigenvalue weighted by atomic mass is 9.96. The van der Waals surface area contributed by atoms with E-state index >= 15 is 0 Å². The zero-order valence-electron chi connectivity index (χ0n) is 12.7. The normalized spacial score (nSPS) is 23.1. The highest BCUT2D eigenvalue weighted by molar-refractivity contribution is 5.46. The summed E-state index contributed by atoms with van der Waals surface area (Å²) in [5, 5.41) is 3.91. The molecule has 1 aliphatic heterocycles. The summed E-state index contributed by atoms with van der Waals surface area (Å²) in [4.78, 5) is 2.53. The summed E-state index contributed by atoms with van der Waals surface area (Å²) in [5.74, 6) is 0.933. The van der Waals surface area contributed by atoms with E-state index in [1.165, 1.54) is 57.3 Å². The minimum Gasteiger partial charge on any atom is -0.371 e. The van der Waals surface area contributed by atoms with Gasteiger partial charge < -0.3 is 10.2 Å². The van der Waals surface area contributed by atoms with Crippen molar-refractivity contribution in [1.29, 1.82) is 0 Å². The van der Waals surface area contributed by atoms with E-state index in [-0.39, 0.29) is 0 Å². The quantitative estimate of drug-likeness (QED) is 0.896. The van der Waals surface area contributed by atoms with Gasteiger partial charge in [0, 0.05) is 30.9 Å². The number of rotatable bonds is 4. The third-order valence-electron chi connectivity index (χ3n) is 5.22. The first-order valence-corrected chi connectivity index (χ1v) is 8.39. The number of anilines is 1.